The molecule has 60 valence electrons. The van der Waals surface area contributed by atoms with E-state index >= 15 is 0 Å². The number of rotatable bonds is 5. The summed E-state index contributed by atoms with van der Waals surface area (Å²) < 4.78 is 2.14. The van der Waals surface area contributed by atoms with Crippen LogP contribution < -0.4 is 15.9 Å². The van der Waals surface area contributed by atoms with Crippen LogP contribution in [0.2, 0.25) is 13.6 Å². The van der Waals surface area contributed by atoms with Crippen LogP contribution in [0.5, 0.6) is 0 Å². The summed E-state index contributed by atoms with van der Waals surface area (Å²) in [6, 6.07) is 0. The first-order valence-electron chi connectivity index (χ1n) is 4.01. The van der Waals surface area contributed by atoms with Crippen LogP contribution in [-0.2, 0) is 0 Å². The third-order valence-corrected chi connectivity index (χ3v) is 1.63. The molecule has 0 saturated carbocycles. The molecule has 0 bridgehead atoms. The van der Waals surface area contributed by atoms with Crippen molar-refractivity contribution in [2.24, 2.45) is 5.64 Å². The second-order valence-electron chi connectivity index (χ2n) is 2.72. The topological polar surface area (TPSA) is 53.3 Å². The van der Waals surface area contributed by atoms with E-state index in [4.69, 9.17) is 5.64 Å². The van der Waals surface area contributed by atoms with Crippen molar-refractivity contribution in [3.05, 3.63) is 0 Å². The van der Waals surface area contributed by atoms with E-state index < -0.39 is 0 Å². The van der Waals surface area contributed by atoms with E-state index in [-0.39, 0.29) is 14.1 Å². The van der Waals surface area contributed by atoms with Crippen LogP contribution in [0.4, 0.5) is 0 Å². The average Bonchev–Trinajstić information content (AvgIpc) is 1.98. The largest absolute Gasteiger partial charge is 0.376 e. The summed E-state index contributed by atoms with van der Waals surface area (Å²) in [6.07, 6.45) is 0. The van der Waals surface area contributed by atoms with Gasteiger partial charge in [0.1, 0.15) is 0 Å². The van der Waals surface area contributed by atoms with Crippen molar-refractivity contribution in [2.45, 2.75) is 13.6 Å². The van der Waals surface area contributed by atoms with Crippen molar-refractivity contribution < 1.29 is 0 Å². The van der Waals surface area contributed by atoms with E-state index in [0.29, 0.717) is 0 Å². The van der Waals surface area contributed by atoms with Gasteiger partial charge < -0.3 is 20.6 Å². The highest BCUT2D eigenvalue weighted by molar-refractivity contribution is 6.74. The zero-order chi connectivity index (χ0) is 8.85. The molecular formula is C3H16B4N4. The maximum absolute atomic E-state index is 5.58. The van der Waals surface area contributed by atoms with Crippen molar-refractivity contribution in [3.8, 4) is 0 Å². The third-order valence-electron chi connectivity index (χ3n) is 1.63. The molecule has 4 nitrogen and oxygen atoms in total. The normalized spacial score (nSPS) is 9.91. The lowest BCUT2D eigenvalue weighted by molar-refractivity contribution is 0.793. The Balaban J connectivity index is 3.74. The van der Waals surface area contributed by atoms with E-state index in [1.807, 2.05) is 21.9 Å². The molecule has 0 aliphatic rings. The van der Waals surface area contributed by atoms with Crippen molar-refractivity contribution in [1.29, 1.82) is 0 Å². The molecule has 0 aliphatic heterocycles. The number of hydrogen-bond acceptors (Lipinski definition) is 4. The van der Waals surface area contributed by atoms with E-state index in [0.717, 1.165) is 7.41 Å². The molecule has 0 heterocycles. The Morgan fingerprint density at radius 2 is 2.18 bits per heavy atom. The van der Waals surface area contributed by atoms with Crippen LogP contribution in [0.3, 0.4) is 0 Å². The molecule has 0 radical (unpaired) electrons. The van der Waals surface area contributed by atoms with Crippen LogP contribution in [-0.4, -0.2) is 41.3 Å². The minimum absolute atomic E-state index is 0.0152. The fraction of sp³-hybridized carbons (Fsp3) is 1.00. The molecule has 0 aliphatic carbocycles. The molecule has 0 aromatic heterocycles. The lowest BCUT2D eigenvalue weighted by atomic mass is 9.68. The standard InChI is InChI=1S/C3H16B4N4/c1-5-11(3)7(9-4)10-6(2)8/h5,9-10H,4,8H2,1-3H3. The summed E-state index contributed by atoms with van der Waals surface area (Å²) in [5.74, 6) is 0. The van der Waals surface area contributed by atoms with Gasteiger partial charge in [-0.2, -0.15) is 0 Å². The monoisotopic (exact) mass is 152 g/mol. The van der Waals surface area contributed by atoms with Gasteiger partial charge in [0.25, 0.3) is 6.98 Å². The predicted molar refractivity (Wildman–Crippen MR) is 57.2 cm³/mol. The van der Waals surface area contributed by atoms with Crippen molar-refractivity contribution >= 4 is 29.5 Å². The Morgan fingerprint density at radius 1 is 1.64 bits per heavy atom. The summed E-state index contributed by atoms with van der Waals surface area (Å²) in [4.78, 5) is 0. The molecular weight excluding hydrogens is 135 g/mol. The molecule has 4 N–H and O–H groups in total. The minimum Gasteiger partial charge on any atom is -0.376 e. The minimum atomic E-state index is 0.0152. The van der Waals surface area contributed by atoms with Crippen LogP contribution in [0.15, 0.2) is 0 Å². The second kappa shape index (κ2) is 5.71. The maximum Gasteiger partial charge on any atom is 0.363 e. The van der Waals surface area contributed by atoms with Crippen molar-refractivity contribution in [1.82, 2.24) is 15.0 Å². The van der Waals surface area contributed by atoms with Gasteiger partial charge in [-0.15, -0.1) is 0 Å². The number of nitrogens with two attached hydrogens (primary N) is 1. The third kappa shape index (κ3) is 4.53. The lowest BCUT2D eigenvalue weighted by Gasteiger charge is -2.24. The lowest BCUT2D eigenvalue weighted by Crippen LogP contribution is -2.64. The molecule has 0 saturated heterocycles. The van der Waals surface area contributed by atoms with Crippen molar-refractivity contribution in [3.63, 3.8) is 0 Å². The molecule has 0 rings (SSSR count). The fourth-order valence-corrected chi connectivity index (χ4v) is 0.863. The maximum atomic E-state index is 5.58. The van der Waals surface area contributed by atoms with Gasteiger partial charge in [0.15, 0.2) is 15.4 Å². The van der Waals surface area contributed by atoms with Crippen LogP contribution in [0, 0.1) is 0 Å². The predicted octanol–water partition coefficient (Wildman–Crippen LogP) is -2.89. The summed E-state index contributed by atoms with van der Waals surface area (Å²) in [5, 5.41) is 6.29. The molecule has 0 unspecified atom stereocenters. The van der Waals surface area contributed by atoms with E-state index in [1.165, 1.54) is 0 Å². The average molecular weight is 151 g/mol. The van der Waals surface area contributed by atoms with Crippen molar-refractivity contribution in [2.75, 3.05) is 7.05 Å². The number of nitrogens with one attached hydrogen (secondary N) is 2. The fourth-order valence-electron chi connectivity index (χ4n) is 0.863. The number of hydrogen-bond donors (Lipinski definition) is 3. The molecule has 8 heteroatoms. The van der Waals surface area contributed by atoms with Crippen LogP contribution in [0.25, 0.3) is 0 Å². The van der Waals surface area contributed by atoms with E-state index in [9.17, 15) is 0 Å². The van der Waals surface area contributed by atoms with Gasteiger partial charge in [0.2, 0.25) is 0 Å². The smallest absolute Gasteiger partial charge is 0.363 e. The summed E-state index contributed by atoms with van der Waals surface area (Å²) >= 11 is 0. The molecule has 0 fully saturated rings. The molecule has 0 atom stereocenters. The zero-order valence-corrected chi connectivity index (χ0v) is 7.89. The zero-order valence-electron chi connectivity index (χ0n) is 7.89. The Morgan fingerprint density at radius 3 is 2.45 bits per heavy atom. The molecule has 11 heavy (non-hydrogen) atoms. The van der Waals surface area contributed by atoms with Gasteiger partial charge in [-0.25, -0.2) is 0 Å². The Bertz CT molecular complexity index is 101. The second-order valence-corrected chi connectivity index (χ2v) is 2.72. The summed E-state index contributed by atoms with van der Waals surface area (Å²) in [6.45, 7) is 4.04. The molecule has 0 aromatic rings. The van der Waals surface area contributed by atoms with E-state index in [1.54, 1.807) is 0 Å². The first-order valence-corrected chi connectivity index (χ1v) is 4.01. The molecule has 0 spiro atoms. The highest BCUT2D eigenvalue weighted by atomic mass is 15.1. The first-order chi connectivity index (χ1) is 5.11. The molecule has 0 amide bonds. The summed E-state index contributed by atoms with van der Waals surface area (Å²) in [5.41, 5.74) is 5.58. The first kappa shape index (κ1) is 11.1. The van der Waals surface area contributed by atoms with Gasteiger partial charge in [0, 0.05) is 0 Å². The Labute approximate surface area is 71.6 Å². The Kier molecular flexibility index (Phi) is 5.76. The van der Waals surface area contributed by atoms with Crippen LogP contribution >= 0.6 is 0 Å². The van der Waals surface area contributed by atoms with Gasteiger partial charge in [0.05, 0.1) is 0 Å². The van der Waals surface area contributed by atoms with Gasteiger partial charge >= 0.3 is 7.12 Å². The van der Waals surface area contributed by atoms with E-state index in [2.05, 4.69) is 21.8 Å². The van der Waals surface area contributed by atoms with Gasteiger partial charge in [-0.1, -0.05) is 13.6 Å². The highest BCUT2D eigenvalue weighted by Gasteiger charge is 2.18. The van der Waals surface area contributed by atoms with Gasteiger partial charge in [-0.05, 0) is 7.05 Å². The van der Waals surface area contributed by atoms with Gasteiger partial charge in [-0.3, -0.25) is 0 Å². The SMILES string of the molecule is BNB(NB(C)N)N(C)BC. The Hall–Kier alpha value is 0.0997. The molecule has 0 aromatic carbocycles. The summed E-state index contributed by atoms with van der Waals surface area (Å²) in [7, 11) is 5.11. The van der Waals surface area contributed by atoms with Crippen LogP contribution in [0.1, 0.15) is 0 Å². The quantitative estimate of drug-likeness (QED) is 0.369. The number of nitrogens with zero attached hydrogens (tertiary/aromatic N) is 1. The highest BCUT2D eigenvalue weighted by Crippen LogP contribution is 1.79.